The molecule has 0 aromatic heterocycles. The van der Waals surface area contributed by atoms with Gasteiger partial charge in [0.05, 0.1) is 0 Å². The van der Waals surface area contributed by atoms with Crippen molar-refractivity contribution in [2.24, 2.45) is 0 Å². The quantitative estimate of drug-likeness (QED) is 0.532. The Bertz CT molecular complexity index is 380. The molecule has 0 aliphatic rings. The highest BCUT2D eigenvalue weighted by Crippen LogP contribution is 2.55. The Morgan fingerprint density at radius 2 is 1.20 bits per heavy atom. The zero-order chi connectivity index (χ0) is 16.6. The Labute approximate surface area is 101 Å². The van der Waals surface area contributed by atoms with E-state index in [2.05, 4.69) is 0 Å². The van der Waals surface area contributed by atoms with Gasteiger partial charge in [-0.3, -0.25) is 0 Å². The van der Waals surface area contributed by atoms with Gasteiger partial charge in [0.25, 0.3) is 0 Å². The van der Waals surface area contributed by atoms with Gasteiger partial charge in [0.1, 0.15) is 0 Å². The molecule has 20 heavy (non-hydrogen) atoms. The zero-order valence-electron chi connectivity index (χ0n) is 8.65. The molecule has 0 spiro atoms. The second-order valence-corrected chi connectivity index (χ2v) is 3.15. The first kappa shape index (κ1) is 18.7. The first-order chi connectivity index (χ1) is 8.64. The third-order valence-electron chi connectivity index (χ3n) is 1.83. The second kappa shape index (κ2) is 5.24. The first-order valence-corrected chi connectivity index (χ1v) is 4.11. The van der Waals surface area contributed by atoms with E-state index < -0.39 is 42.6 Å². The van der Waals surface area contributed by atoms with Crippen LogP contribution in [0.3, 0.4) is 0 Å². The second-order valence-electron chi connectivity index (χ2n) is 3.15. The molecule has 1 nitrogen and oxygen atoms in total. The molecule has 0 aliphatic heterocycles. The van der Waals surface area contributed by atoms with Gasteiger partial charge in [-0.15, -0.1) is 0 Å². The largest absolute Gasteiger partial charge is 0.450 e. The third-order valence-corrected chi connectivity index (χ3v) is 1.83. The summed E-state index contributed by atoms with van der Waals surface area (Å²) in [5, 5.41) is 0. The van der Waals surface area contributed by atoms with Crippen molar-refractivity contribution in [1.82, 2.24) is 0 Å². The normalized spacial score (nSPS) is 16.6. The van der Waals surface area contributed by atoms with E-state index in [9.17, 15) is 52.7 Å². The number of hydrogen-bond acceptors (Lipinski definition) is 1. The summed E-state index contributed by atoms with van der Waals surface area (Å²) in [6.45, 7) is -3.58. The summed E-state index contributed by atoms with van der Waals surface area (Å²) in [5.74, 6) is -6.43. The number of alkyl halides is 9. The molecule has 0 radical (unpaired) electrons. The van der Waals surface area contributed by atoms with Gasteiger partial charge >= 0.3 is 36.0 Å². The maximum absolute atomic E-state index is 13.1. The number of hydrogen-bond donors (Lipinski definition) is 0. The molecule has 13 heteroatoms. The summed E-state index contributed by atoms with van der Waals surface area (Å²) in [7, 11) is 0. The molecule has 0 saturated carbocycles. The van der Waals surface area contributed by atoms with Gasteiger partial charge in [0.2, 0.25) is 0 Å². The lowest BCUT2D eigenvalue weighted by molar-refractivity contribution is -0.424. The Hall–Kier alpha value is -1.30. The molecule has 0 aromatic rings. The molecule has 0 bridgehead atoms. The van der Waals surface area contributed by atoms with Gasteiger partial charge in [-0.1, -0.05) is 0 Å². The molecule has 0 heterocycles. The van der Waals surface area contributed by atoms with E-state index in [-0.39, 0.29) is 0 Å². The molecule has 0 aliphatic carbocycles. The molecule has 120 valence electrons. The summed E-state index contributed by atoms with van der Waals surface area (Å²) < 4.78 is 148. The highest BCUT2D eigenvalue weighted by atomic mass is 19.4. The molecule has 0 aromatic carbocycles. The number of ether oxygens (including phenoxy) is 1. The Morgan fingerprint density at radius 3 is 1.45 bits per heavy atom. The van der Waals surface area contributed by atoms with Crippen molar-refractivity contribution < 1.29 is 57.4 Å². The smallest absolute Gasteiger partial charge is 0.399 e. The summed E-state index contributed by atoms with van der Waals surface area (Å²) in [4.78, 5) is 0. The fourth-order valence-corrected chi connectivity index (χ4v) is 0.899. The van der Waals surface area contributed by atoms with Gasteiger partial charge in [-0.25, -0.2) is 8.78 Å². The van der Waals surface area contributed by atoms with Crippen molar-refractivity contribution in [1.29, 1.82) is 0 Å². The minimum absolute atomic E-state index is 1.97. The van der Waals surface area contributed by atoms with Crippen LogP contribution in [0.25, 0.3) is 0 Å². The monoisotopic (exact) mass is 330 g/mol. The lowest BCUT2D eigenvalue weighted by Crippen LogP contribution is -2.67. The lowest BCUT2D eigenvalue weighted by Gasteiger charge is -2.37. The Kier molecular flexibility index (Phi) is 4.90. The molecule has 1 atom stereocenters. The first-order valence-electron chi connectivity index (χ1n) is 4.11. The maximum Gasteiger partial charge on any atom is 0.450 e. The van der Waals surface area contributed by atoms with Crippen LogP contribution < -0.4 is 0 Å². The van der Waals surface area contributed by atoms with Crippen molar-refractivity contribution in [3.8, 4) is 0 Å². The van der Waals surface area contributed by atoms with Crippen molar-refractivity contribution in [3.63, 3.8) is 0 Å². The minimum Gasteiger partial charge on any atom is -0.399 e. The van der Waals surface area contributed by atoms with Crippen LogP contribution in [-0.2, 0) is 4.74 Å². The van der Waals surface area contributed by atoms with Crippen LogP contribution in [-0.4, -0.2) is 30.6 Å². The molecule has 0 saturated heterocycles. The Balaban J connectivity index is 5.98. The van der Waals surface area contributed by atoms with Gasteiger partial charge in [0, 0.05) is 0 Å². The third kappa shape index (κ3) is 2.90. The Morgan fingerprint density at radius 1 is 0.800 bits per heavy atom. The van der Waals surface area contributed by atoms with Gasteiger partial charge < -0.3 is 4.74 Å². The van der Waals surface area contributed by atoms with Crippen LogP contribution in [0.2, 0.25) is 0 Å². The van der Waals surface area contributed by atoms with Crippen LogP contribution >= 0.6 is 0 Å². The van der Waals surface area contributed by atoms with Crippen LogP contribution in [0.4, 0.5) is 52.7 Å². The molecular weight excluding hydrogens is 328 g/mol. The van der Waals surface area contributed by atoms with Gasteiger partial charge in [-0.05, 0) is 0 Å². The molecule has 0 N–H and O–H groups in total. The predicted molar refractivity (Wildman–Crippen MR) is 37.2 cm³/mol. The SMILES string of the molecule is FCC(F)(F)C(F)(C(F)(F)F)C(F)(F)OC(F)=C(F)F. The minimum atomic E-state index is -7.17. The fourth-order valence-electron chi connectivity index (χ4n) is 0.899. The average molecular weight is 330 g/mol. The van der Waals surface area contributed by atoms with E-state index >= 15 is 0 Å². The molecule has 1 unspecified atom stereocenters. The van der Waals surface area contributed by atoms with E-state index in [1.165, 1.54) is 0 Å². The van der Waals surface area contributed by atoms with Crippen molar-refractivity contribution >= 4 is 0 Å². The molecule has 0 fully saturated rings. The highest BCUT2D eigenvalue weighted by molar-refractivity contribution is 5.07. The van der Waals surface area contributed by atoms with Gasteiger partial charge in [-0.2, -0.15) is 43.9 Å². The molecule has 0 rings (SSSR count). The highest BCUT2D eigenvalue weighted by Gasteiger charge is 2.85. The lowest BCUT2D eigenvalue weighted by atomic mass is 9.96. The topological polar surface area (TPSA) is 9.23 Å². The van der Waals surface area contributed by atoms with E-state index in [0.29, 0.717) is 0 Å². The number of halogens is 12. The van der Waals surface area contributed by atoms with Crippen molar-refractivity contribution in [3.05, 3.63) is 12.1 Å². The predicted octanol–water partition coefficient (Wildman–Crippen LogP) is 4.51. The standard InChI is InChI=1S/C7H2F12O/c8-1-4(12,13)5(14,6(15,16)17)7(18,19)20-3(11)2(9)10/h1H2. The van der Waals surface area contributed by atoms with E-state index in [0.717, 1.165) is 0 Å². The van der Waals surface area contributed by atoms with Crippen molar-refractivity contribution in [2.75, 3.05) is 6.67 Å². The van der Waals surface area contributed by atoms with E-state index in [4.69, 9.17) is 0 Å². The summed E-state index contributed by atoms with van der Waals surface area (Å²) in [6, 6.07) is -3.73. The maximum atomic E-state index is 13.1. The van der Waals surface area contributed by atoms with Crippen LogP contribution in [0.1, 0.15) is 0 Å². The van der Waals surface area contributed by atoms with E-state index in [1.54, 1.807) is 0 Å². The van der Waals surface area contributed by atoms with E-state index in [1.807, 2.05) is 4.74 Å². The van der Waals surface area contributed by atoms with Crippen molar-refractivity contribution in [2.45, 2.75) is 23.9 Å². The average Bonchev–Trinajstić information content (AvgIpc) is 2.25. The van der Waals surface area contributed by atoms with Gasteiger partial charge in [0.15, 0.2) is 6.67 Å². The number of rotatable bonds is 5. The summed E-state index contributed by atoms with van der Waals surface area (Å²) >= 11 is 0. The van der Waals surface area contributed by atoms with Crippen LogP contribution in [0.15, 0.2) is 12.1 Å². The molecule has 0 amide bonds. The fraction of sp³-hybridized carbons (Fsp3) is 0.714. The summed E-state index contributed by atoms with van der Waals surface area (Å²) in [5.41, 5.74) is -7.07. The van der Waals surface area contributed by atoms with Crippen LogP contribution in [0.5, 0.6) is 0 Å². The molecular formula is C7H2F12O. The summed E-state index contributed by atoms with van der Waals surface area (Å²) in [6.07, 6.45) is -17.8. The van der Waals surface area contributed by atoms with Crippen LogP contribution in [0, 0.1) is 0 Å². The zero-order valence-corrected chi connectivity index (χ0v) is 8.65.